The van der Waals surface area contributed by atoms with Gasteiger partial charge >= 0.3 is 6.09 Å². The first-order chi connectivity index (χ1) is 22.5. The van der Waals surface area contributed by atoms with E-state index in [2.05, 4.69) is 15.3 Å². The number of methoxy groups -OCH3 is 1. The van der Waals surface area contributed by atoms with Gasteiger partial charge in [0.1, 0.15) is 0 Å². The molecule has 2 saturated heterocycles. The number of benzene rings is 2. The number of rotatable bonds is 8. The van der Waals surface area contributed by atoms with Crippen LogP contribution in [0.4, 0.5) is 25.1 Å². The van der Waals surface area contributed by atoms with Gasteiger partial charge in [0.05, 0.1) is 29.8 Å². The molecule has 2 N–H and O–H groups in total. The Morgan fingerprint density at radius 3 is 2.49 bits per heavy atom. The van der Waals surface area contributed by atoms with Gasteiger partial charge in [0.25, 0.3) is 0 Å². The second kappa shape index (κ2) is 12.8. The lowest BCUT2D eigenvalue weighted by atomic mass is 10.1. The van der Waals surface area contributed by atoms with Gasteiger partial charge in [-0.2, -0.15) is 8.70 Å². The maximum absolute atomic E-state index is 14.9. The minimum atomic E-state index is -3.88. The molecule has 2 aromatic carbocycles. The minimum Gasteiger partial charge on any atom is -0.494 e. The summed E-state index contributed by atoms with van der Waals surface area (Å²) >= 11 is 0. The lowest BCUT2D eigenvalue weighted by molar-refractivity contribution is -0.136. The summed E-state index contributed by atoms with van der Waals surface area (Å²) < 4.78 is 64.6. The summed E-state index contributed by atoms with van der Waals surface area (Å²) in [6.45, 7) is 3.00. The van der Waals surface area contributed by atoms with Crippen LogP contribution < -0.4 is 10.1 Å². The maximum Gasteiger partial charge on any atom is 0.407 e. The van der Waals surface area contributed by atoms with Gasteiger partial charge in [-0.25, -0.2) is 27.6 Å². The molecule has 0 bridgehead atoms. The van der Waals surface area contributed by atoms with Crippen LogP contribution in [0.5, 0.6) is 5.75 Å². The Morgan fingerprint density at radius 1 is 1.04 bits per heavy atom. The normalized spacial score (nSPS) is 17.3. The van der Waals surface area contributed by atoms with Crippen molar-refractivity contribution in [3.05, 3.63) is 66.1 Å². The van der Waals surface area contributed by atoms with Gasteiger partial charge in [-0.3, -0.25) is 9.20 Å². The number of hydrogen-bond acceptors (Lipinski definition) is 8. The first kappa shape index (κ1) is 32.1. The number of likely N-dealkylation sites (tertiary alicyclic amines) is 1. The number of aromatic nitrogens is 3. The van der Waals surface area contributed by atoms with E-state index in [0.717, 1.165) is 0 Å². The van der Waals surface area contributed by atoms with Crippen molar-refractivity contribution in [2.45, 2.75) is 24.7 Å². The summed E-state index contributed by atoms with van der Waals surface area (Å²) in [7, 11) is -2.63. The number of carbonyl (C=O) groups is 2. The Balaban J connectivity index is 1.18. The SMILES string of the molecule is CCc1cc(Nc2nccn3c(-c4ccc(OC)c(F)c4F)cnc23)ccc1S(=O)(=O)N1CCN(C(=O)[C@@H]2CCN(C(=O)O)C2)CC1. The molecule has 47 heavy (non-hydrogen) atoms. The highest BCUT2D eigenvalue weighted by molar-refractivity contribution is 7.89. The Bertz CT molecular complexity index is 1960. The van der Waals surface area contributed by atoms with Crippen LogP contribution in [-0.2, 0) is 21.2 Å². The average molecular weight is 670 g/mol. The van der Waals surface area contributed by atoms with Gasteiger partial charge < -0.3 is 25.0 Å². The molecule has 0 aliphatic carbocycles. The molecule has 2 fully saturated rings. The van der Waals surface area contributed by atoms with Crippen molar-refractivity contribution >= 4 is 39.2 Å². The lowest BCUT2D eigenvalue weighted by Crippen LogP contribution is -2.52. The number of nitrogens with zero attached hydrogens (tertiary/aromatic N) is 6. The van der Waals surface area contributed by atoms with Crippen molar-refractivity contribution in [2.75, 3.05) is 51.7 Å². The summed E-state index contributed by atoms with van der Waals surface area (Å²) in [5.74, 6) is -2.64. The van der Waals surface area contributed by atoms with Gasteiger partial charge in [-0.15, -0.1) is 0 Å². The number of anilines is 2. The summed E-state index contributed by atoms with van der Waals surface area (Å²) in [5.41, 5.74) is 1.75. The van der Waals surface area contributed by atoms with Crippen molar-refractivity contribution < 1.29 is 36.6 Å². The molecule has 4 aromatic rings. The van der Waals surface area contributed by atoms with E-state index in [1.165, 1.54) is 46.9 Å². The standard InChI is InChI=1S/C31H33F2N7O6S/c1-3-19-16-21(36-28-29-35-17-23(40(29)11-9-34-28)22-5-6-24(46-2)27(33)26(22)32)4-7-25(19)47(44,45)39-14-12-37(13-15-39)30(41)20-8-10-38(18-20)31(42)43/h4-7,9,11,16-17,20H,3,8,10,12-15,18H2,1-2H3,(H,34,36)(H,42,43)/t20-/m1/s1. The third-order valence-corrected chi connectivity index (χ3v) is 10.7. The molecule has 0 radical (unpaired) electrons. The van der Waals surface area contributed by atoms with E-state index in [4.69, 9.17) is 4.74 Å². The smallest absolute Gasteiger partial charge is 0.407 e. The van der Waals surface area contributed by atoms with Gasteiger partial charge in [0.2, 0.25) is 21.7 Å². The Hall–Kier alpha value is -4.83. The van der Waals surface area contributed by atoms with Crippen LogP contribution in [0.25, 0.3) is 16.9 Å². The first-order valence-electron chi connectivity index (χ1n) is 15.0. The zero-order valence-electron chi connectivity index (χ0n) is 25.7. The maximum atomic E-state index is 14.9. The van der Waals surface area contributed by atoms with Crippen LogP contribution in [0.2, 0.25) is 0 Å². The first-order valence-corrected chi connectivity index (χ1v) is 16.5. The third kappa shape index (κ3) is 5.93. The molecule has 6 rings (SSSR count). The van der Waals surface area contributed by atoms with Crippen LogP contribution in [-0.4, -0.2) is 100 Å². The van der Waals surface area contributed by atoms with Crippen molar-refractivity contribution in [1.82, 2.24) is 28.5 Å². The predicted octanol–water partition coefficient (Wildman–Crippen LogP) is 3.82. The number of amides is 2. The van der Waals surface area contributed by atoms with Crippen molar-refractivity contribution in [1.29, 1.82) is 0 Å². The number of sulfonamides is 1. The zero-order chi connectivity index (χ0) is 33.5. The fourth-order valence-corrected chi connectivity index (χ4v) is 7.79. The van der Waals surface area contributed by atoms with Crippen molar-refractivity contribution in [2.24, 2.45) is 5.92 Å². The summed E-state index contributed by atoms with van der Waals surface area (Å²) in [4.78, 5) is 35.9. The molecule has 13 nitrogen and oxygen atoms in total. The van der Waals surface area contributed by atoms with Crippen molar-refractivity contribution in [3.63, 3.8) is 0 Å². The number of halogens is 2. The molecule has 2 aromatic heterocycles. The molecule has 2 aliphatic heterocycles. The second-order valence-electron chi connectivity index (χ2n) is 11.3. The number of imidazole rings is 1. The molecule has 0 unspecified atom stereocenters. The van der Waals surface area contributed by atoms with Gasteiger partial charge in [-0.1, -0.05) is 6.92 Å². The number of fused-ring (bicyclic) bond motifs is 1. The van der Waals surface area contributed by atoms with Crippen LogP contribution in [0.15, 0.2) is 53.8 Å². The van der Waals surface area contributed by atoms with E-state index < -0.39 is 33.7 Å². The van der Waals surface area contributed by atoms with Crippen LogP contribution >= 0.6 is 0 Å². The summed E-state index contributed by atoms with van der Waals surface area (Å²) in [6.07, 6.45) is 4.29. The predicted molar refractivity (Wildman–Crippen MR) is 167 cm³/mol. The number of aryl methyl sites for hydroxylation is 1. The number of ether oxygens (including phenoxy) is 1. The Kier molecular flexibility index (Phi) is 8.72. The van der Waals surface area contributed by atoms with E-state index in [9.17, 15) is 31.9 Å². The second-order valence-corrected chi connectivity index (χ2v) is 13.2. The van der Waals surface area contributed by atoms with Crippen LogP contribution in [0.1, 0.15) is 18.9 Å². The van der Waals surface area contributed by atoms with E-state index in [1.54, 1.807) is 27.6 Å². The molecule has 1 atom stereocenters. The molecular formula is C31H33F2N7O6S. The zero-order valence-corrected chi connectivity index (χ0v) is 26.5. The Morgan fingerprint density at radius 2 is 1.81 bits per heavy atom. The van der Waals surface area contributed by atoms with Gasteiger partial charge in [0, 0.05) is 62.9 Å². The molecule has 248 valence electrons. The number of carboxylic acid groups (broad SMARTS) is 1. The van der Waals surface area contributed by atoms with Crippen LogP contribution in [0, 0.1) is 17.6 Å². The molecule has 0 saturated carbocycles. The fourth-order valence-electron chi connectivity index (χ4n) is 6.10. The highest BCUT2D eigenvalue weighted by Crippen LogP contribution is 2.32. The molecule has 2 aliphatic rings. The van der Waals surface area contributed by atoms with Crippen LogP contribution in [0.3, 0.4) is 0 Å². The van der Waals surface area contributed by atoms with E-state index in [-0.39, 0.29) is 54.8 Å². The minimum absolute atomic E-state index is 0.00987. The number of carbonyl (C=O) groups excluding carboxylic acids is 1. The molecule has 16 heteroatoms. The largest absolute Gasteiger partial charge is 0.494 e. The van der Waals surface area contributed by atoms with Crippen molar-refractivity contribution in [3.8, 4) is 17.0 Å². The molecular weight excluding hydrogens is 636 g/mol. The summed E-state index contributed by atoms with van der Waals surface area (Å²) in [6, 6.07) is 7.60. The number of hydrogen-bond donors (Lipinski definition) is 2. The average Bonchev–Trinajstić information content (AvgIpc) is 3.75. The highest BCUT2D eigenvalue weighted by atomic mass is 32.2. The Labute approximate surface area is 269 Å². The van der Waals surface area contributed by atoms with Gasteiger partial charge in [-0.05, 0) is 48.7 Å². The highest BCUT2D eigenvalue weighted by Gasteiger charge is 2.37. The topological polar surface area (TPSA) is 150 Å². The molecule has 0 spiro atoms. The molecule has 4 heterocycles. The molecule has 2 amide bonds. The number of piperazine rings is 1. The monoisotopic (exact) mass is 669 g/mol. The number of nitrogens with one attached hydrogen (secondary N) is 1. The third-order valence-electron chi connectivity index (χ3n) is 8.65. The summed E-state index contributed by atoms with van der Waals surface area (Å²) in [5, 5.41) is 12.4. The fraction of sp³-hybridized carbons (Fsp3) is 0.355. The van der Waals surface area contributed by atoms with Gasteiger partial charge in [0.15, 0.2) is 23.0 Å². The quantitative estimate of drug-likeness (QED) is 0.286. The van der Waals surface area contributed by atoms with E-state index in [1.807, 2.05) is 6.92 Å². The van der Waals surface area contributed by atoms with E-state index in [0.29, 0.717) is 47.8 Å². The lowest BCUT2D eigenvalue weighted by Gasteiger charge is -2.35. The van der Waals surface area contributed by atoms with E-state index >= 15 is 0 Å².